The molecule has 0 aliphatic carbocycles. The van der Waals surface area contributed by atoms with E-state index >= 15 is 0 Å². The van der Waals surface area contributed by atoms with E-state index in [-0.39, 0.29) is 0 Å². The summed E-state index contributed by atoms with van der Waals surface area (Å²) >= 11 is 8.54. The van der Waals surface area contributed by atoms with Crippen LogP contribution >= 0.6 is 24.2 Å². The van der Waals surface area contributed by atoms with E-state index in [0.717, 1.165) is 0 Å². The van der Waals surface area contributed by atoms with Gasteiger partial charge in [-0.25, -0.2) is 0 Å². The Kier molecular flexibility index (Phi) is 3.70. The highest BCUT2D eigenvalue weighted by Crippen LogP contribution is 1.77. The highest BCUT2D eigenvalue weighted by Gasteiger charge is 1.37. The minimum Gasteiger partial charge on any atom is -0.151 e. The zero-order valence-electron chi connectivity index (χ0n) is 1.98. The van der Waals surface area contributed by atoms with Gasteiger partial charge in [0.1, 0.15) is 0 Å². The maximum atomic E-state index is 4.93. The Morgan fingerprint density at radius 2 is 2.00 bits per heavy atom. The summed E-state index contributed by atoms with van der Waals surface area (Å²) < 4.78 is 0. The van der Waals surface area contributed by atoms with Crippen LogP contribution in [-0.4, -0.2) is 0 Å². The lowest BCUT2D eigenvalue weighted by atomic mass is 11.3. The van der Waals surface area contributed by atoms with Crippen LogP contribution in [0.5, 0.6) is 0 Å². The zero-order valence-corrected chi connectivity index (χ0v) is 3.63. The van der Waals surface area contributed by atoms with E-state index in [1.165, 1.54) is 10.9 Å². The quantitative estimate of drug-likeness (QED) is 0.434. The highest BCUT2D eigenvalue weighted by molar-refractivity contribution is 7.83. The molecule has 0 aliphatic rings. The molecule has 0 aromatic rings. The summed E-state index contributed by atoms with van der Waals surface area (Å²) in [5.41, 5.74) is 1.34. The third kappa shape index (κ3) is 2.38. The number of hydrogen-bond donors (Lipinski definition) is 1. The van der Waals surface area contributed by atoms with Crippen LogP contribution in [-0.2, 0) is 0 Å². The molecule has 0 radical (unpaired) electrons. The molecule has 24 valence electrons. The monoisotopic (exact) mass is 94.0 g/mol. The van der Waals surface area contributed by atoms with Gasteiger partial charge in [0.05, 0.1) is 0 Å². The molecule has 0 atom stereocenters. The fourth-order valence-corrected chi connectivity index (χ4v) is 0. The van der Waals surface area contributed by atoms with Gasteiger partial charge in [0.15, 0.2) is 0 Å². The molecule has 4 heavy (non-hydrogen) atoms. The Hall–Kier alpha value is 0.380. The van der Waals surface area contributed by atoms with Crippen molar-refractivity contribution in [2.24, 2.45) is 0 Å². The number of rotatable bonds is 0. The first-order valence-electron chi connectivity index (χ1n) is 0.810. The lowest BCUT2D eigenvalue weighted by Gasteiger charge is -1.46. The molecular formula is C2H3ClS. The van der Waals surface area contributed by atoms with Crippen molar-refractivity contribution >= 4 is 24.2 Å². The molecule has 0 saturated carbocycles. The third-order valence-corrected chi connectivity index (χ3v) is 0.507. The van der Waals surface area contributed by atoms with Gasteiger partial charge in [-0.15, -0.1) is 0 Å². The summed E-state index contributed by atoms with van der Waals surface area (Å²) in [6.45, 7) is 0. The van der Waals surface area contributed by atoms with Gasteiger partial charge < -0.3 is 0 Å². The standard InChI is InChI=1S/C2H3ClS/c3-1-2-4/h1-2,4H. The molecule has 0 aromatic carbocycles. The zero-order chi connectivity index (χ0) is 3.41. The summed E-state index contributed by atoms with van der Waals surface area (Å²) in [7, 11) is 0. The topological polar surface area (TPSA) is 0 Å². The van der Waals surface area contributed by atoms with Crippen LogP contribution in [0.15, 0.2) is 10.9 Å². The number of halogens is 1. The van der Waals surface area contributed by atoms with Crippen LogP contribution in [0.25, 0.3) is 0 Å². The molecule has 0 nitrogen and oxygen atoms in total. The fourth-order valence-electron chi connectivity index (χ4n) is 0. The van der Waals surface area contributed by atoms with Crippen molar-refractivity contribution in [2.75, 3.05) is 0 Å². The van der Waals surface area contributed by atoms with Crippen molar-refractivity contribution in [3.05, 3.63) is 10.9 Å². The van der Waals surface area contributed by atoms with E-state index in [1.54, 1.807) is 0 Å². The van der Waals surface area contributed by atoms with Crippen molar-refractivity contribution in [3.63, 3.8) is 0 Å². The molecule has 0 heterocycles. The van der Waals surface area contributed by atoms with Crippen LogP contribution < -0.4 is 0 Å². The van der Waals surface area contributed by atoms with Crippen molar-refractivity contribution in [1.82, 2.24) is 0 Å². The van der Waals surface area contributed by atoms with Gasteiger partial charge >= 0.3 is 0 Å². The van der Waals surface area contributed by atoms with Gasteiger partial charge in [-0.2, -0.15) is 12.6 Å². The molecule has 0 aliphatic heterocycles. The largest absolute Gasteiger partial charge is 0.151 e. The van der Waals surface area contributed by atoms with Crippen molar-refractivity contribution in [2.45, 2.75) is 0 Å². The van der Waals surface area contributed by atoms with Gasteiger partial charge in [0.25, 0.3) is 0 Å². The van der Waals surface area contributed by atoms with E-state index in [9.17, 15) is 0 Å². The molecule has 0 saturated heterocycles. The number of hydrogen-bond acceptors (Lipinski definition) is 1. The minimum atomic E-state index is 1.34. The second-order valence-electron chi connectivity index (χ2n) is 0.275. The molecular weight excluding hydrogens is 91.5 g/mol. The highest BCUT2D eigenvalue weighted by atomic mass is 35.5. The molecule has 2 heteroatoms. The number of thiol groups is 1. The normalized spacial score (nSPS) is 9.50. The van der Waals surface area contributed by atoms with Crippen molar-refractivity contribution in [3.8, 4) is 0 Å². The second kappa shape index (κ2) is 3.38. The molecule has 0 aromatic heterocycles. The van der Waals surface area contributed by atoms with Gasteiger partial charge in [-0.3, -0.25) is 0 Å². The Labute approximate surface area is 35.9 Å². The third-order valence-electron chi connectivity index (χ3n) is 0.0563. The lowest BCUT2D eigenvalue weighted by molar-refractivity contribution is 2.55. The first-order valence-corrected chi connectivity index (χ1v) is 1.76. The summed E-state index contributed by atoms with van der Waals surface area (Å²) in [4.78, 5) is 0. The first-order chi connectivity index (χ1) is 1.91. The van der Waals surface area contributed by atoms with E-state index in [4.69, 9.17) is 11.6 Å². The van der Waals surface area contributed by atoms with Crippen molar-refractivity contribution < 1.29 is 0 Å². The predicted molar refractivity (Wildman–Crippen MR) is 24.0 cm³/mol. The van der Waals surface area contributed by atoms with E-state index in [0.29, 0.717) is 0 Å². The maximum Gasteiger partial charge on any atom is 0.0103 e. The first kappa shape index (κ1) is 4.38. The average molecular weight is 94.6 g/mol. The van der Waals surface area contributed by atoms with Crippen LogP contribution in [0, 0.1) is 0 Å². The summed E-state index contributed by atoms with van der Waals surface area (Å²) in [6, 6.07) is 0. The SMILES string of the molecule is SC=CCl. The molecule has 0 spiro atoms. The smallest absolute Gasteiger partial charge is 0.0103 e. The molecule has 0 fully saturated rings. The van der Waals surface area contributed by atoms with Gasteiger partial charge in [-0.1, -0.05) is 11.6 Å². The van der Waals surface area contributed by atoms with Crippen LogP contribution in [0.3, 0.4) is 0 Å². The molecule has 0 bridgehead atoms. The lowest BCUT2D eigenvalue weighted by Crippen LogP contribution is -1.11. The van der Waals surface area contributed by atoms with Gasteiger partial charge in [0.2, 0.25) is 0 Å². The Morgan fingerprint density at radius 3 is 2.00 bits per heavy atom. The van der Waals surface area contributed by atoms with Crippen LogP contribution in [0.4, 0.5) is 0 Å². The van der Waals surface area contributed by atoms with Crippen LogP contribution in [0.1, 0.15) is 0 Å². The predicted octanol–water partition coefficient (Wildman–Crippen LogP) is 1.63. The molecule has 0 amide bonds. The summed E-state index contributed by atoms with van der Waals surface area (Å²) in [6.07, 6.45) is 0. The second-order valence-corrected chi connectivity index (χ2v) is 0.825. The Morgan fingerprint density at radius 1 is 1.75 bits per heavy atom. The summed E-state index contributed by atoms with van der Waals surface area (Å²) in [5, 5.41) is 1.46. The Bertz CT molecular complexity index is 21.2. The molecule has 0 N–H and O–H groups in total. The maximum absolute atomic E-state index is 4.93. The molecule has 0 rings (SSSR count). The van der Waals surface area contributed by atoms with E-state index in [1.807, 2.05) is 0 Å². The molecule has 0 unspecified atom stereocenters. The van der Waals surface area contributed by atoms with Gasteiger partial charge in [-0.05, 0) is 5.41 Å². The minimum absolute atomic E-state index is 1.34. The summed E-state index contributed by atoms with van der Waals surface area (Å²) in [5.74, 6) is 0. The van der Waals surface area contributed by atoms with Gasteiger partial charge in [0, 0.05) is 5.54 Å². The fraction of sp³-hybridized carbons (Fsp3) is 0. The van der Waals surface area contributed by atoms with E-state index < -0.39 is 0 Å². The Balaban J connectivity index is 2.55. The van der Waals surface area contributed by atoms with E-state index in [2.05, 4.69) is 12.6 Å². The van der Waals surface area contributed by atoms with Crippen molar-refractivity contribution in [1.29, 1.82) is 0 Å². The average Bonchev–Trinajstić information content (AvgIpc) is 1.37. The van der Waals surface area contributed by atoms with Crippen LogP contribution in [0.2, 0.25) is 0 Å².